The number of fused-ring (bicyclic) bond motifs is 2. The third-order valence-electron chi connectivity index (χ3n) is 6.39. The fraction of sp³-hybridized carbons (Fsp3) is 0.143. The van der Waals surface area contributed by atoms with E-state index in [1.807, 2.05) is 49.4 Å². The van der Waals surface area contributed by atoms with Crippen molar-refractivity contribution in [2.45, 2.75) is 20.3 Å². The van der Waals surface area contributed by atoms with Crippen LogP contribution in [0.4, 0.5) is 0 Å². The van der Waals surface area contributed by atoms with Gasteiger partial charge in [-0.15, -0.1) is 0 Å². The summed E-state index contributed by atoms with van der Waals surface area (Å²) in [6.07, 6.45) is 3.99. The summed E-state index contributed by atoms with van der Waals surface area (Å²) in [6, 6.07) is 12.8. The minimum atomic E-state index is -1.39. The summed E-state index contributed by atoms with van der Waals surface area (Å²) in [5.74, 6) is -3.49. The van der Waals surface area contributed by atoms with Crippen LogP contribution in [0.15, 0.2) is 64.7 Å². The molecule has 182 valence electrons. The number of aromatic amines is 2. The van der Waals surface area contributed by atoms with Crippen molar-refractivity contribution in [1.29, 1.82) is 0 Å². The van der Waals surface area contributed by atoms with Crippen molar-refractivity contribution in [2.75, 3.05) is 6.61 Å². The SMILES string of the molecule is C/C(=C/Cc1cccc2c(C(=O)c3oc(C(=O)O)c(-c4c(C)[nH]c5ccccc45)c3O)c[nH]c12)CO. The maximum absolute atomic E-state index is 13.6. The Morgan fingerprint density at radius 2 is 1.78 bits per heavy atom. The minimum Gasteiger partial charge on any atom is -0.504 e. The number of aryl methyl sites for hydroxylation is 1. The van der Waals surface area contributed by atoms with Crippen molar-refractivity contribution in [1.82, 2.24) is 9.97 Å². The van der Waals surface area contributed by atoms with Gasteiger partial charge >= 0.3 is 5.97 Å². The quantitative estimate of drug-likeness (QED) is 0.156. The number of para-hydroxylation sites is 2. The number of carboxylic acid groups (broad SMARTS) is 1. The molecule has 0 aliphatic carbocycles. The van der Waals surface area contributed by atoms with Gasteiger partial charge in [0.15, 0.2) is 5.75 Å². The second kappa shape index (κ2) is 8.90. The van der Waals surface area contributed by atoms with Gasteiger partial charge in [-0.25, -0.2) is 4.79 Å². The number of nitrogens with one attached hydrogen (secondary N) is 2. The Hall–Kier alpha value is -4.56. The van der Waals surface area contributed by atoms with E-state index in [1.165, 1.54) is 6.20 Å². The fourth-order valence-electron chi connectivity index (χ4n) is 4.60. The lowest BCUT2D eigenvalue weighted by molar-refractivity contribution is 0.0661. The molecule has 0 saturated heterocycles. The van der Waals surface area contributed by atoms with E-state index in [2.05, 4.69) is 9.97 Å². The van der Waals surface area contributed by atoms with Gasteiger partial charge in [-0.05, 0) is 31.9 Å². The van der Waals surface area contributed by atoms with Crippen molar-refractivity contribution in [3.8, 4) is 16.9 Å². The Balaban J connectivity index is 1.64. The van der Waals surface area contributed by atoms with E-state index in [0.29, 0.717) is 28.5 Å². The number of hydrogen-bond donors (Lipinski definition) is 5. The molecule has 5 rings (SSSR count). The molecular formula is C28H24N2O6. The van der Waals surface area contributed by atoms with Crippen LogP contribution in [0, 0.1) is 6.92 Å². The molecule has 36 heavy (non-hydrogen) atoms. The average Bonchev–Trinajstić information content (AvgIpc) is 3.54. The zero-order valence-electron chi connectivity index (χ0n) is 19.7. The molecule has 0 atom stereocenters. The van der Waals surface area contributed by atoms with Crippen LogP contribution in [0.1, 0.15) is 44.9 Å². The van der Waals surface area contributed by atoms with Crippen molar-refractivity contribution in [2.24, 2.45) is 0 Å². The number of aliphatic hydroxyl groups is 1. The molecule has 8 nitrogen and oxygen atoms in total. The number of H-pyrrole nitrogens is 2. The maximum atomic E-state index is 13.6. The number of hydrogen-bond acceptors (Lipinski definition) is 5. The number of aromatic carboxylic acids is 1. The van der Waals surface area contributed by atoms with Crippen LogP contribution < -0.4 is 0 Å². The zero-order valence-corrected chi connectivity index (χ0v) is 19.7. The van der Waals surface area contributed by atoms with Crippen molar-refractivity contribution in [3.63, 3.8) is 0 Å². The summed E-state index contributed by atoms with van der Waals surface area (Å²) in [7, 11) is 0. The van der Waals surface area contributed by atoms with Gasteiger partial charge in [-0.3, -0.25) is 4.79 Å². The lowest BCUT2D eigenvalue weighted by Gasteiger charge is -2.03. The number of carbonyl (C=O) groups is 2. The number of benzene rings is 2. The average molecular weight is 485 g/mol. The first-order valence-electron chi connectivity index (χ1n) is 11.4. The molecule has 0 bridgehead atoms. The fourth-order valence-corrected chi connectivity index (χ4v) is 4.60. The van der Waals surface area contributed by atoms with Crippen LogP contribution in [-0.2, 0) is 6.42 Å². The highest BCUT2D eigenvalue weighted by atomic mass is 16.4. The van der Waals surface area contributed by atoms with Gasteiger partial charge in [0.1, 0.15) is 0 Å². The summed E-state index contributed by atoms with van der Waals surface area (Å²) in [4.78, 5) is 31.9. The molecule has 0 aliphatic rings. The first-order valence-corrected chi connectivity index (χ1v) is 11.4. The monoisotopic (exact) mass is 484 g/mol. The number of aromatic nitrogens is 2. The summed E-state index contributed by atoms with van der Waals surface area (Å²) in [5.41, 5.74) is 4.57. The van der Waals surface area contributed by atoms with Gasteiger partial charge in [0, 0.05) is 39.3 Å². The molecule has 2 aromatic carbocycles. The Morgan fingerprint density at radius 1 is 1.03 bits per heavy atom. The lowest BCUT2D eigenvalue weighted by atomic mass is 9.99. The van der Waals surface area contributed by atoms with E-state index in [-0.39, 0.29) is 17.7 Å². The van der Waals surface area contributed by atoms with E-state index in [4.69, 9.17) is 4.42 Å². The largest absolute Gasteiger partial charge is 0.504 e. The summed E-state index contributed by atoms with van der Waals surface area (Å²) < 4.78 is 5.53. The second-order valence-corrected chi connectivity index (χ2v) is 8.74. The normalized spacial score (nSPS) is 12.0. The Bertz CT molecular complexity index is 1680. The highest BCUT2D eigenvalue weighted by Gasteiger charge is 2.33. The Labute approximate surface area is 205 Å². The van der Waals surface area contributed by atoms with Gasteiger partial charge in [-0.2, -0.15) is 0 Å². The molecule has 3 heterocycles. The van der Waals surface area contributed by atoms with Crippen molar-refractivity contribution in [3.05, 3.63) is 88.7 Å². The summed E-state index contributed by atoms with van der Waals surface area (Å²) in [6.45, 7) is 3.56. The molecule has 0 unspecified atom stereocenters. The van der Waals surface area contributed by atoms with E-state index >= 15 is 0 Å². The number of ketones is 1. The van der Waals surface area contributed by atoms with Crippen LogP contribution in [0.5, 0.6) is 5.75 Å². The number of carboxylic acids is 1. The molecule has 0 fully saturated rings. The third kappa shape index (κ3) is 3.68. The van der Waals surface area contributed by atoms with Crippen LogP contribution in [0.25, 0.3) is 32.9 Å². The molecule has 0 aliphatic heterocycles. The van der Waals surface area contributed by atoms with Crippen LogP contribution in [0.2, 0.25) is 0 Å². The van der Waals surface area contributed by atoms with E-state index in [1.54, 1.807) is 13.0 Å². The Kier molecular flexibility index (Phi) is 5.74. The van der Waals surface area contributed by atoms with Gasteiger partial charge in [-0.1, -0.05) is 48.0 Å². The van der Waals surface area contributed by atoms with E-state index in [9.17, 15) is 24.9 Å². The molecule has 0 amide bonds. The molecule has 0 radical (unpaired) electrons. The van der Waals surface area contributed by atoms with Gasteiger partial charge in [0.05, 0.1) is 17.7 Å². The maximum Gasteiger partial charge on any atom is 0.372 e. The van der Waals surface area contributed by atoms with Crippen molar-refractivity contribution < 1.29 is 29.3 Å². The number of furan rings is 1. The van der Waals surface area contributed by atoms with E-state index in [0.717, 1.165) is 22.2 Å². The molecule has 8 heteroatoms. The summed E-state index contributed by atoms with van der Waals surface area (Å²) >= 11 is 0. The molecule has 5 aromatic rings. The predicted molar refractivity (Wildman–Crippen MR) is 136 cm³/mol. The van der Waals surface area contributed by atoms with Crippen molar-refractivity contribution >= 4 is 33.6 Å². The van der Waals surface area contributed by atoms with Gasteiger partial charge < -0.3 is 29.7 Å². The molecule has 0 saturated carbocycles. The topological polar surface area (TPSA) is 140 Å². The highest BCUT2D eigenvalue weighted by Crippen LogP contribution is 2.44. The number of aromatic hydroxyl groups is 1. The number of rotatable bonds is 7. The molecule has 0 spiro atoms. The minimum absolute atomic E-state index is 0.0354. The summed E-state index contributed by atoms with van der Waals surface area (Å²) in [5, 5.41) is 31.6. The van der Waals surface area contributed by atoms with Crippen LogP contribution in [-0.4, -0.2) is 43.6 Å². The number of carbonyl (C=O) groups excluding carboxylic acids is 1. The second-order valence-electron chi connectivity index (χ2n) is 8.74. The smallest absolute Gasteiger partial charge is 0.372 e. The molecule has 5 N–H and O–H groups in total. The standard InChI is InChI=1S/C28H24N2O6/c1-14(13-31)10-11-16-6-5-8-17-19(12-29-23(16)17)24(32)27-25(33)22(26(36-27)28(34)35)21-15(2)30-20-9-4-3-7-18(20)21/h3-10,12,29-31,33H,11,13H2,1-2H3,(H,34,35)/b14-10-. The zero-order chi connectivity index (χ0) is 25.6. The predicted octanol–water partition coefficient (Wildman–Crippen LogP) is 5.33. The molecule has 3 aromatic heterocycles. The van der Waals surface area contributed by atoms with Crippen LogP contribution >= 0.6 is 0 Å². The number of allylic oxidation sites excluding steroid dienone is 1. The molecular weight excluding hydrogens is 460 g/mol. The van der Waals surface area contributed by atoms with Gasteiger partial charge in [0.2, 0.25) is 17.3 Å². The van der Waals surface area contributed by atoms with Crippen LogP contribution in [0.3, 0.4) is 0 Å². The Morgan fingerprint density at radius 3 is 2.53 bits per heavy atom. The van der Waals surface area contributed by atoms with E-state index < -0.39 is 29.0 Å². The lowest BCUT2D eigenvalue weighted by Crippen LogP contribution is -1.99. The highest BCUT2D eigenvalue weighted by molar-refractivity contribution is 6.18. The first kappa shape index (κ1) is 23.2. The third-order valence-corrected chi connectivity index (χ3v) is 6.39. The van der Waals surface area contributed by atoms with Gasteiger partial charge in [0.25, 0.3) is 0 Å². The number of aliphatic hydroxyl groups excluding tert-OH is 1. The first-order chi connectivity index (χ1) is 17.3.